The van der Waals surface area contributed by atoms with Crippen molar-refractivity contribution in [3.8, 4) is 5.75 Å². The molecular weight excluding hydrogens is 474 g/mol. The number of sulfonamides is 1. The maximum absolute atomic E-state index is 12.7. The summed E-state index contributed by atoms with van der Waals surface area (Å²) >= 11 is 0. The number of benzene rings is 2. The van der Waals surface area contributed by atoms with Gasteiger partial charge in [0.25, 0.3) is 0 Å². The van der Waals surface area contributed by atoms with E-state index in [2.05, 4.69) is 15.4 Å². The van der Waals surface area contributed by atoms with Crippen molar-refractivity contribution in [1.82, 2.24) is 10.0 Å². The Hall–Kier alpha value is -3.64. The summed E-state index contributed by atoms with van der Waals surface area (Å²) in [5, 5.41) is 31.7. The Labute approximate surface area is 204 Å². The molecule has 0 spiro atoms. The Morgan fingerprint density at radius 1 is 1.11 bits per heavy atom. The average molecular weight is 506 g/mol. The maximum atomic E-state index is 12.7. The lowest BCUT2D eigenvalue weighted by Crippen LogP contribution is -2.32. The Morgan fingerprint density at radius 3 is 2.46 bits per heavy atom. The number of hydrogen-bond donors (Lipinski definition) is 7. The third kappa shape index (κ3) is 8.26. The normalized spacial score (nSPS) is 11.3. The minimum absolute atomic E-state index is 0.00653. The molecular formula is C23H31N5O6S. The SMILES string of the molecule is CC(C)c1ccc(CCNS(=O)(=O)c2cc(C(=N)N)ccc2O)c(NCC(=O)NCCC(=O)O)c1. The Kier molecular flexibility index (Phi) is 9.60. The molecule has 0 fully saturated rings. The number of nitrogens with one attached hydrogen (secondary N) is 4. The molecule has 2 aromatic rings. The van der Waals surface area contributed by atoms with Crippen LogP contribution in [0, 0.1) is 5.41 Å². The van der Waals surface area contributed by atoms with Crippen LogP contribution in [0.4, 0.5) is 5.69 Å². The quantitative estimate of drug-likeness (QED) is 0.156. The third-order valence-electron chi connectivity index (χ3n) is 5.15. The van der Waals surface area contributed by atoms with E-state index >= 15 is 0 Å². The van der Waals surface area contributed by atoms with Crippen molar-refractivity contribution in [1.29, 1.82) is 5.41 Å². The van der Waals surface area contributed by atoms with Crippen LogP contribution in [0.3, 0.4) is 0 Å². The number of amides is 1. The molecule has 0 bridgehead atoms. The number of phenolic OH excluding ortho intramolecular Hbond substituents is 1. The van der Waals surface area contributed by atoms with Crippen LogP contribution in [0.2, 0.25) is 0 Å². The molecule has 0 heterocycles. The number of aromatic hydroxyl groups is 1. The van der Waals surface area contributed by atoms with E-state index in [9.17, 15) is 23.1 Å². The van der Waals surface area contributed by atoms with E-state index < -0.39 is 21.7 Å². The first-order chi connectivity index (χ1) is 16.4. The van der Waals surface area contributed by atoms with Gasteiger partial charge in [0, 0.05) is 24.3 Å². The van der Waals surface area contributed by atoms with Crippen molar-refractivity contribution in [2.75, 3.05) is 25.0 Å². The van der Waals surface area contributed by atoms with E-state index in [0.717, 1.165) is 17.2 Å². The van der Waals surface area contributed by atoms with Crippen LogP contribution in [0.5, 0.6) is 5.75 Å². The van der Waals surface area contributed by atoms with Gasteiger partial charge in [-0.1, -0.05) is 26.0 Å². The summed E-state index contributed by atoms with van der Waals surface area (Å²) in [5.41, 5.74) is 8.03. The molecule has 12 heteroatoms. The fraction of sp³-hybridized carbons (Fsp3) is 0.348. The van der Waals surface area contributed by atoms with Crippen LogP contribution in [0.1, 0.15) is 42.9 Å². The molecule has 0 saturated heterocycles. The smallest absolute Gasteiger partial charge is 0.305 e. The summed E-state index contributed by atoms with van der Waals surface area (Å²) in [6.07, 6.45) is 0.110. The minimum atomic E-state index is -4.08. The van der Waals surface area contributed by atoms with Crippen molar-refractivity contribution in [3.63, 3.8) is 0 Å². The number of phenols is 1. The summed E-state index contributed by atoms with van der Waals surface area (Å²) < 4.78 is 27.9. The number of anilines is 1. The number of carboxylic acid groups (broad SMARTS) is 1. The van der Waals surface area contributed by atoms with Crippen LogP contribution < -0.4 is 21.1 Å². The van der Waals surface area contributed by atoms with Gasteiger partial charge in [-0.25, -0.2) is 13.1 Å². The Bertz CT molecular complexity index is 1200. The summed E-state index contributed by atoms with van der Waals surface area (Å²) in [5.74, 6) is -1.93. The largest absolute Gasteiger partial charge is 0.507 e. The molecule has 0 saturated carbocycles. The molecule has 11 nitrogen and oxygen atoms in total. The van der Waals surface area contributed by atoms with E-state index in [0.29, 0.717) is 5.69 Å². The highest BCUT2D eigenvalue weighted by molar-refractivity contribution is 7.89. The Morgan fingerprint density at radius 2 is 1.83 bits per heavy atom. The van der Waals surface area contributed by atoms with Gasteiger partial charge in [0.05, 0.1) is 13.0 Å². The van der Waals surface area contributed by atoms with Gasteiger partial charge in [-0.3, -0.25) is 15.0 Å². The molecule has 0 radical (unpaired) electrons. The molecule has 2 aromatic carbocycles. The van der Waals surface area contributed by atoms with Crippen LogP contribution in [-0.4, -0.2) is 56.0 Å². The number of amidine groups is 1. The second kappa shape index (κ2) is 12.2. The van der Waals surface area contributed by atoms with Gasteiger partial charge >= 0.3 is 5.97 Å². The lowest BCUT2D eigenvalue weighted by Gasteiger charge is -2.16. The number of carboxylic acids is 1. The molecule has 2 rings (SSSR count). The monoisotopic (exact) mass is 505 g/mol. The molecule has 0 unspecified atom stereocenters. The predicted molar refractivity (Wildman–Crippen MR) is 132 cm³/mol. The first-order valence-electron chi connectivity index (χ1n) is 10.9. The molecule has 8 N–H and O–H groups in total. The fourth-order valence-corrected chi connectivity index (χ4v) is 4.33. The number of carbonyl (C=O) groups excluding carboxylic acids is 1. The fourth-order valence-electron chi connectivity index (χ4n) is 3.18. The summed E-state index contributed by atoms with van der Waals surface area (Å²) in [7, 11) is -4.08. The molecule has 0 atom stereocenters. The summed E-state index contributed by atoms with van der Waals surface area (Å²) in [4.78, 5) is 22.2. The van der Waals surface area contributed by atoms with Crippen LogP contribution in [0.15, 0.2) is 41.3 Å². The zero-order valence-corrected chi connectivity index (χ0v) is 20.4. The number of aliphatic carboxylic acids is 1. The van der Waals surface area contributed by atoms with Gasteiger partial charge in [0.15, 0.2) is 0 Å². The zero-order chi connectivity index (χ0) is 26.2. The van der Waals surface area contributed by atoms with Crippen molar-refractivity contribution in [3.05, 3.63) is 53.1 Å². The van der Waals surface area contributed by atoms with E-state index in [1.165, 1.54) is 12.1 Å². The van der Waals surface area contributed by atoms with Gasteiger partial charge in [-0.05, 0) is 47.7 Å². The lowest BCUT2D eigenvalue weighted by atomic mass is 9.99. The molecule has 0 aromatic heterocycles. The molecule has 1 amide bonds. The summed E-state index contributed by atoms with van der Waals surface area (Å²) in [6.45, 7) is 3.99. The molecule has 0 aliphatic rings. The highest BCUT2D eigenvalue weighted by atomic mass is 32.2. The number of nitrogens with two attached hydrogens (primary N) is 1. The van der Waals surface area contributed by atoms with Gasteiger partial charge in [0.1, 0.15) is 16.5 Å². The van der Waals surface area contributed by atoms with Crippen molar-refractivity contribution in [2.24, 2.45) is 5.73 Å². The topological polar surface area (TPSA) is 195 Å². The lowest BCUT2D eigenvalue weighted by molar-refractivity contribution is -0.136. The molecule has 0 aliphatic carbocycles. The predicted octanol–water partition coefficient (Wildman–Crippen LogP) is 1.32. The van der Waals surface area contributed by atoms with E-state index in [4.69, 9.17) is 16.2 Å². The molecule has 0 aliphatic heterocycles. The van der Waals surface area contributed by atoms with Gasteiger partial charge in [-0.2, -0.15) is 0 Å². The van der Waals surface area contributed by atoms with Crippen molar-refractivity contribution < 1.29 is 28.2 Å². The molecule has 190 valence electrons. The highest BCUT2D eigenvalue weighted by Crippen LogP contribution is 2.25. The molecule has 35 heavy (non-hydrogen) atoms. The van der Waals surface area contributed by atoms with Crippen molar-refractivity contribution in [2.45, 2.75) is 37.5 Å². The van der Waals surface area contributed by atoms with E-state index in [1.807, 2.05) is 32.0 Å². The van der Waals surface area contributed by atoms with Gasteiger partial charge < -0.3 is 26.6 Å². The van der Waals surface area contributed by atoms with E-state index in [1.54, 1.807) is 0 Å². The second-order valence-electron chi connectivity index (χ2n) is 8.16. The first kappa shape index (κ1) is 27.6. The van der Waals surface area contributed by atoms with Crippen LogP contribution >= 0.6 is 0 Å². The average Bonchev–Trinajstić information content (AvgIpc) is 2.77. The van der Waals surface area contributed by atoms with Gasteiger partial charge in [-0.15, -0.1) is 0 Å². The number of hydrogen-bond acceptors (Lipinski definition) is 7. The van der Waals surface area contributed by atoms with E-state index in [-0.39, 0.29) is 60.6 Å². The number of nitrogen functional groups attached to an aromatic ring is 1. The van der Waals surface area contributed by atoms with Crippen LogP contribution in [-0.2, 0) is 26.0 Å². The second-order valence-corrected chi connectivity index (χ2v) is 9.90. The number of rotatable bonds is 13. The van der Waals surface area contributed by atoms with Gasteiger partial charge in [0.2, 0.25) is 15.9 Å². The third-order valence-corrected chi connectivity index (χ3v) is 6.64. The number of carbonyl (C=O) groups is 2. The van der Waals surface area contributed by atoms with Crippen molar-refractivity contribution >= 4 is 33.4 Å². The Balaban J connectivity index is 2.10. The first-order valence-corrected chi connectivity index (χ1v) is 12.4. The van der Waals surface area contributed by atoms with Crippen LogP contribution in [0.25, 0.3) is 0 Å². The standard InChI is InChI=1S/C23H31N5O6S/c1-14(2)16-4-3-15(18(11-16)27-13-21(30)26-9-8-22(31)32)7-10-28-35(33,34)20-12-17(23(24)25)5-6-19(20)29/h3-6,11-12,14,27-29H,7-10,13H2,1-2H3,(H3,24,25)(H,26,30)(H,31,32). The summed E-state index contributed by atoms with van der Waals surface area (Å²) in [6, 6.07) is 9.31. The maximum Gasteiger partial charge on any atom is 0.305 e. The minimum Gasteiger partial charge on any atom is -0.507 e. The highest BCUT2D eigenvalue weighted by Gasteiger charge is 2.20. The zero-order valence-electron chi connectivity index (χ0n) is 19.6.